The van der Waals surface area contributed by atoms with Gasteiger partial charge in [0.25, 0.3) is 0 Å². The van der Waals surface area contributed by atoms with Gasteiger partial charge in [0.15, 0.2) is 0 Å². The number of nitrogens with zero attached hydrogens (tertiary/aromatic N) is 1. The highest BCUT2D eigenvalue weighted by Gasteiger charge is 2.34. The molecule has 0 radical (unpaired) electrons. The molecule has 1 heterocycles. The summed E-state index contributed by atoms with van der Waals surface area (Å²) in [5.74, 6) is -0.462. The summed E-state index contributed by atoms with van der Waals surface area (Å²) in [6.07, 6.45) is -3.77. The summed E-state index contributed by atoms with van der Waals surface area (Å²) in [4.78, 5) is 14.9. The third-order valence-electron chi connectivity index (χ3n) is 4.70. The van der Waals surface area contributed by atoms with Crippen molar-refractivity contribution in [2.45, 2.75) is 31.2 Å². The molecule has 0 spiro atoms. The van der Waals surface area contributed by atoms with E-state index in [1.54, 1.807) is 24.3 Å². The molecule has 1 amide bonds. The molecule has 1 fully saturated rings. The summed E-state index contributed by atoms with van der Waals surface area (Å²) in [5, 5.41) is 12.1. The molecule has 150 valence electrons. The summed E-state index contributed by atoms with van der Waals surface area (Å²) < 4.78 is 39.3. The molecule has 2 aromatic carbocycles. The van der Waals surface area contributed by atoms with Crippen molar-refractivity contribution < 1.29 is 23.1 Å². The average molecular weight is 413 g/mol. The number of halogens is 4. The predicted octanol–water partition coefficient (Wildman–Crippen LogP) is 4.50. The van der Waals surface area contributed by atoms with Gasteiger partial charge in [0.1, 0.15) is 6.04 Å². The highest BCUT2D eigenvalue weighted by atomic mass is 35.5. The Hall–Kier alpha value is -2.09. The van der Waals surface area contributed by atoms with Crippen molar-refractivity contribution >= 4 is 23.2 Å². The Morgan fingerprint density at radius 2 is 1.93 bits per heavy atom. The van der Waals surface area contributed by atoms with Gasteiger partial charge in [-0.3, -0.25) is 9.69 Å². The van der Waals surface area contributed by atoms with Crippen molar-refractivity contribution in [3.63, 3.8) is 0 Å². The van der Waals surface area contributed by atoms with Crippen molar-refractivity contribution in [1.82, 2.24) is 4.90 Å². The molecule has 1 aliphatic heterocycles. The minimum Gasteiger partial charge on any atom is -0.392 e. The molecule has 0 bridgehead atoms. The van der Waals surface area contributed by atoms with E-state index < -0.39 is 34.8 Å². The van der Waals surface area contributed by atoms with E-state index in [1.807, 2.05) is 11.0 Å². The van der Waals surface area contributed by atoms with Gasteiger partial charge in [-0.1, -0.05) is 41.9 Å². The van der Waals surface area contributed by atoms with Gasteiger partial charge in [0.2, 0.25) is 5.91 Å². The molecule has 0 unspecified atom stereocenters. The fourth-order valence-corrected chi connectivity index (χ4v) is 3.64. The van der Waals surface area contributed by atoms with Gasteiger partial charge >= 0.3 is 6.18 Å². The Morgan fingerprint density at radius 3 is 2.57 bits per heavy atom. The van der Waals surface area contributed by atoms with Gasteiger partial charge in [0.05, 0.1) is 16.7 Å². The normalized spacial score (nSPS) is 19.2. The van der Waals surface area contributed by atoms with Crippen LogP contribution in [0.4, 0.5) is 18.9 Å². The Morgan fingerprint density at radius 1 is 1.21 bits per heavy atom. The number of hydrogen-bond donors (Lipinski definition) is 2. The number of likely N-dealkylation sites (tertiary alicyclic amines) is 1. The minimum absolute atomic E-state index is 0.0141. The van der Waals surface area contributed by atoms with E-state index in [4.69, 9.17) is 11.6 Å². The maximum atomic E-state index is 13.1. The second-order valence-electron chi connectivity index (χ2n) is 6.79. The number of alkyl halides is 3. The fourth-order valence-electron chi connectivity index (χ4n) is 3.41. The zero-order valence-corrected chi connectivity index (χ0v) is 15.7. The van der Waals surface area contributed by atoms with Crippen LogP contribution in [-0.4, -0.2) is 35.1 Å². The third kappa shape index (κ3) is 4.84. The number of amides is 1. The van der Waals surface area contributed by atoms with Gasteiger partial charge in [-0.25, -0.2) is 0 Å². The molecule has 2 N–H and O–H groups in total. The van der Waals surface area contributed by atoms with Crippen molar-refractivity contribution in [1.29, 1.82) is 0 Å². The monoisotopic (exact) mass is 412 g/mol. The summed E-state index contributed by atoms with van der Waals surface area (Å²) in [6, 6.07) is 11.5. The first-order valence-electron chi connectivity index (χ1n) is 8.90. The van der Waals surface area contributed by atoms with Gasteiger partial charge in [-0.15, -0.1) is 0 Å². The topological polar surface area (TPSA) is 52.6 Å². The zero-order valence-electron chi connectivity index (χ0n) is 14.9. The molecule has 1 saturated heterocycles. The van der Waals surface area contributed by atoms with E-state index in [0.29, 0.717) is 25.1 Å². The molecule has 4 nitrogen and oxygen atoms in total. The number of aliphatic hydroxyl groups is 1. The van der Waals surface area contributed by atoms with Crippen LogP contribution in [0.3, 0.4) is 0 Å². The summed E-state index contributed by atoms with van der Waals surface area (Å²) >= 11 is 5.64. The van der Waals surface area contributed by atoms with Crippen molar-refractivity contribution in [2.24, 2.45) is 0 Å². The predicted molar refractivity (Wildman–Crippen MR) is 101 cm³/mol. The molecular weight excluding hydrogens is 393 g/mol. The van der Waals surface area contributed by atoms with Crippen LogP contribution < -0.4 is 5.32 Å². The first-order chi connectivity index (χ1) is 13.3. The SMILES string of the molecule is O=C(Nc1ccc(Cl)c(C(F)(F)F)c1)[C@@H](c1ccccc1)N1CCC[C@H](O)C1. The molecule has 28 heavy (non-hydrogen) atoms. The number of hydrogen-bond acceptors (Lipinski definition) is 3. The fraction of sp³-hybridized carbons (Fsp3) is 0.350. The number of rotatable bonds is 4. The summed E-state index contributed by atoms with van der Waals surface area (Å²) in [6.45, 7) is 0.930. The van der Waals surface area contributed by atoms with E-state index in [-0.39, 0.29) is 5.69 Å². The number of aliphatic hydroxyl groups excluding tert-OH is 1. The van der Waals surface area contributed by atoms with E-state index in [0.717, 1.165) is 18.6 Å². The van der Waals surface area contributed by atoms with Crippen LogP contribution in [0.2, 0.25) is 5.02 Å². The maximum absolute atomic E-state index is 13.1. The molecule has 2 aromatic rings. The first kappa shape index (κ1) is 20.6. The lowest BCUT2D eigenvalue weighted by molar-refractivity contribution is -0.137. The molecular formula is C20H20ClF3N2O2. The number of benzene rings is 2. The Balaban J connectivity index is 1.88. The zero-order chi connectivity index (χ0) is 20.3. The van der Waals surface area contributed by atoms with Crippen LogP contribution in [-0.2, 0) is 11.0 Å². The number of carbonyl (C=O) groups excluding carboxylic acids is 1. The number of anilines is 1. The molecule has 1 aliphatic rings. The smallest absolute Gasteiger partial charge is 0.392 e. The highest BCUT2D eigenvalue weighted by Crippen LogP contribution is 2.36. The van der Waals surface area contributed by atoms with Gasteiger partial charge in [-0.2, -0.15) is 13.2 Å². The minimum atomic E-state index is -4.62. The third-order valence-corrected chi connectivity index (χ3v) is 5.03. The second-order valence-corrected chi connectivity index (χ2v) is 7.19. The molecule has 0 aliphatic carbocycles. The van der Waals surface area contributed by atoms with Gasteiger partial charge in [-0.05, 0) is 43.1 Å². The van der Waals surface area contributed by atoms with Crippen LogP contribution in [0, 0.1) is 0 Å². The maximum Gasteiger partial charge on any atom is 0.417 e. The lowest BCUT2D eigenvalue weighted by atomic mass is 9.99. The Kier molecular flexibility index (Phi) is 6.27. The van der Waals surface area contributed by atoms with Gasteiger partial charge in [0, 0.05) is 12.2 Å². The number of nitrogens with one attached hydrogen (secondary N) is 1. The van der Waals surface area contributed by atoms with Crippen molar-refractivity contribution in [3.8, 4) is 0 Å². The molecule has 2 atom stereocenters. The lowest BCUT2D eigenvalue weighted by Crippen LogP contribution is -2.44. The second kappa shape index (κ2) is 8.51. The quantitative estimate of drug-likeness (QED) is 0.777. The Bertz CT molecular complexity index is 830. The van der Waals surface area contributed by atoms with Crippen molar-refractivity contribution in [3.05, 3.63) is 64.7 Å². The Labute approximate surface area is 165 Å². The van der Waals surface area contributed by atoms with Gasteiger partial charge < -0.3 is 10.4 Å². The van der Waals surface area contributed by atoms with E-state index in [1.165, 1.54) is 6.07 Å². The van der Waals surface area contributed by atoms with Crippen molar-refractivity contribution in [2.75, 3.05) is 18.4 Å². The number of carbonyl (C=O) groups is 1. The summed E-state index contributed by atoms with van der Waals surface area (Å²) in [7, 11) is 0. The van der Waals surface area contributed by atoms with Crippen LogP contribution in [0.1, 0.15) is 30.0 Å². The molecule has 3 rings (SSSR count). The molecule has 0 saturated carbocycles. The number of piperidine rings is 1. The lowest BCUT2D eigenvalue weighted by Gasteiger charge is -2.36. The highest BCUT2D eigenvalue weighted by molar-refractivity contribution is 6.31. The number of β-amino-alcohol motifs (C(OH)–C–C–N with tert-alkyl or cyclic N) is 1. The van der Waals surface area contributed by atoms with E-state index >= 15 is 0 Å². The first-order valence-corrected chi connectivity index (χ1v) is 9.28. The van der Waals surface area contributed by atoms with E-state index in [9.17, 15) is 23.1 Å². The summed E-state index contributed by atoms with van der Waals surface area (Å²) in [5.41, 5.74) is -0.282. The average Bonchev–Trinajstić information content (AvgIpc) is 2.63. The molecule has 0 aromatic heterocycles. The van der Waals surface area contributed by atoms with Crippen LogP contribution >= 0.6 is 11.6 Å². The van der Waals surface area contributed by atoms with Crippen LogP contribution in [0.25, 0.3) is 0 Å². The standard InChI is InChI=1S/C20H20ClF3N2O2/c21-17-9-8-14(11-16(17)20(22,23)24)25-19(28)18(13-5-2-1-3-6-13)26-10-4-7-15(27)12-26/h1-3,5-6,8-9,11,15,18,27H,4,7,10,12H2,(H,25,28)/t15-,18+/m0/s1. The van der Waals surface area contributed by atoms with Crippen LogP contribution in [0.5, 0.6) is 0 Å². The van der Waals surface area contributed by atoms with E-state index in [2.05, 4.69) is 5.32 Å². The molecule has 8 heteroatoms. The largest absolute Gasteiger partial charge is 0.417 e. The van der Waals surface area contributed by atoms with Crippen LogP contribution in [0.15, 0.2) is 48.5 Å².